The van der Waals surface area contributed by atoms with E-state index in [9.17, 15) is 0 Å². The van der Waals surface area contributed by atoms with Gasteiger partial charge in [0.05, 0.1) is 6.61 Å². The second kappa shape index (κ2) is 9.43. The quantitative estimate of drug-likeness (QED) is 0.477. The summed E-state index contributed by atoms with van der Waals surface area (Å²) in [5, 5.41) is 1.08. The Kier molecular flexibility index (Phi) is 8.52. The summed E-state index contributed by atoms with van der Waals surface area (Å²) in [6, 6.07) is 0.826. The molecule has 1 rings (SSSR count). The highest BCUT2D eigenvalue weighted by Gasteiger charge is 2.21. The molecule has 3 heteroatoms. The Morgan fingerprint density at radius 1 is 1.19 bits per heavy atom. The van der Waals surface area contributed by atoms with Crippen LogP contribution in [0.1, 0.15) is 45.4 Å². The van der Waals surface area contributed by atoms with Gasteiger partial charge in [0.15, 0.2) is 0 Å². The van der Waals surface area contributed by atoms with Crippen molar-refractivity contribution in [3.63, 3.8) is 0 Å². The fourth-order valence-electron chi connectivity index (χ4n) is 2.39. The average molecular weight is 292 g/mol. The van der Waals surface area contributed by atoms with Crippen molar-refractivity contribution in [1.82, 2.24) is 4.90 Å². The summed E-state index contributed by atoms with van der Waals surface area (Å²) in [7, 11) is 0. The van der Waals surface area contributed by atoms with Crippen molar-refractivity contribution >= 4 is 15.9 Å². The largest absolute Gasteiger partial charge is 0.380 e. The molecule has 0 unspecified atom stereocenters. The molecule has 0 aliphatic heterocycles. The lowest BCUT2D eigenvalue weighted by atomic mass is 10.2. The van der Waals surface area contributed by atoms with Crippen LogP contribution in [0.5, 0.6) is 0 Å². The maximum absolute atomic E-state index is 5.65. The summed E-state index contributed by atoms with van der Waals surface area (Å²) in [6.07, 6.45) is 8.04. The standard InChI is InChI=1S/C13H26BrNO/c1-2-3-11-16-12-10-15(9-8-14)13-6-4-5-7-13/h13H,2-12H2,1H3. The zero-order valence-electron chi connectivity index (χ0n) is 10.6. The molecule has 16 heavy (non-hydrogen) atoms. The Morgan fingerprint density at radius 3 is 2.56 bits per heavy atom. The van der Waals surface area contributed by atoms with Crippen molar-refractivity contribution in [3.8, 4) is 0 Å². The average Bonchev–Trinajstić information content (AvgIpc) is 2.81. The lowest BCUT2D eigenvalue weighted by molar-refractivity contribution is 0.0888. The summed E-state index contributed by atoms with van der Waals surface area (Å²) in [5.74, 6) is 0. The summed E-state index contributed by atoms with van der Waals surface area (Å²) in [4.78, 5) is 2.60. The molecule has 0 saturated heterocycles. The van der Waals surface area contributed by atoms with Crippen molar-refractivity contribution in [3.05, 3.63) is 0 Å². The van der Waals surface area contributed by atoms with E-state index in [1.165, 1.54) is 45.1 Å². The Hall–Kier alpha value is 0.400. The van der Waals surface area contributed by atoms with E-state index in [1.54, 1.807) is 0 Å². The Bertz CT molecular complexity index is 160. The van der Waals surface area contributed by atoms with Gasteiger partial charge >= 0.3 is 0 Å². The van der Waals surface area contributed by atoms with Gasteiger partial charge in [-0.15, -0.1) is 0 Å². The number of nitrogens with zero attached hydrogens (tertiary/aromatic N) is 1. The van der Waals surface area contributed by atoms with E-state index in [-0.39, 0.29) is 0 Å². The van der Waals surface area contributed by atoms with E-state index < -0.39 is 0 Å². The van der Waals surface area contributed by atoms with Gasteiger partial charge in [-0.05, 0) is 19.3 Å². The molecule has 0 aromatic heterocycles. The highest BCUT2D eigenvalue weighted by molar-refractivity contribution is 9.09. The molecule has 0 bridgehead atoms. The second-order valence-corrected chi connectivity index (χ2v) is 5.42. The molecule has 0 aromatic carbocycles. The van der Waals surface area contributed by atoms with Crippen molar-refractivity contribution < 1.29 is 4.74 Å². The van der Waals surface area contributed by atoms with Gasteiger partial charge in [0.2, 0.25) is 0 Å². The molecule has 0 amide bonds. The Labute approximate surface area is 109 Å². The molecule has 0 N–H and O–H groups in total. The lowest BCUT2D eigenvalue weighted by Crippen LogP contribution is -2.37. The first-order valence-corrected chi connectivity index (χ1v) is 7.88. The van der Waals surface area contributed by atoms with Gasteiger partial charge < -0.3 is 4.74 Å². The second-order valence-electron chi connectivity index (χ2n) is 4.63. The predicted octanol–water partition coefficient (Wildman–Crippen LogP) is 3.44. The minimum Gasteiger partial charge on any atom is -0.380 e. The summed E-state index contributed by atoms with van der Waals surface area (Å²) >= 11 is 3.55. The molecule has 0 aromatic rings. The fourth-order valence-corrected chi connectivity index (χ4v) is 2.84. The molecule has 0 radical (unpaired) electrons. The van der Waals surface area contributed by atoms with Crippen LogP contribution < -0.4 is 0 Å². The van der Waals surface area contributed by atoms with Crippen molar-refractivity contribution in [2.45, 2.75) is 51.5 Å². The number of halogens is 1. The van der Waals surface area contributed by atoms with Crippen LogP contribution >= 0.6 is 15.9 Å². The van der Waals surface area contributed by atoms with Crippen molar-refractivity contribution in [2.75, 3.05) is 31.6 Å². The maximum atomic E-state index is 5.65. The van der Waals surface area contributed by atoms with Crippen LogP contribution in [-0.4, -0.2) is 42.6 Å². The molecule has 1 aliphatic carbocycles. The van der Waals surface area contributed by atoms with Crippen LogP contribution in [0.25, 0.3) is 0 Å². The summed E-state index contributed by atoms with van der Waals surface area (Å²) < 4.78 is 5.65. The van der Waals surface area contributed by atoms with Gasteiger partial charge in [-0.1, -0.05) is 42.1 Å². The van der Waals surface area contributed by atoms with Crippen molar-refractivity contribution in [2.24, 2.45) is 0 Å². The summed E-state index contributed by atoms with van der Waals surface area (Å²) in [5.41, 5.74) is 0. The van der Waals surface area contributed by atoms with Crippen LogP contribution in [-0.2, 0) is 4.74 Å². The van der Waals surface area contributed by atoms with E-state index in [2.05, 4.69) is 27.8 Å². The van der Waals surface area contributed by atoms with Gasteiger partial charge in [-0.2, -0.15) is 0 Å². The smallest absolute Gasteiger partial charge is 0.0593 e. The first-order chi connectivity index (χ1) is 7.88. The third-order valence-electron chi connectivity index (χ3n) is 3.38. The van der Waals surface area contributed by atoms with Gasteiger partial charge in [-0.25, -0.2) is 0 Å². The molecular weight excluding hydrogens is 266 g/mol. The molecular formula is C13H26BrNO. The fraction of sp³-hybridized carbons (Fsp3) is 1.00. The molecule has 1 aliphatic rings. The van der Waals surface area contributed by atoms with Crippen LogP contribution in [0.2, 0.25) is 0 Å². The lowest BCUT2D eigenvalue weighted by Gasteiger charge is -2.27. The maximum Gasteiger partial charge on any atom is 0.0593 e. The predicted molar refractivity (Wildman–Crippen MR) is 73.4 cm³/mol. The van der Waals surface area contributed by atoms with Gasteiger partial charge in [-0.3, -0.25) is 4.90 Å². The number of unbranched alkanes of at least 4 members (excludes halogenated alkanes) is 1. The van der Waals surface area contributed by atoms with Crippen LogP contribution in [0, 0.1) is 0 Å². The zero-order chi connectivity index (χ0) is 11.6. The van der Waals surface area contributed by atoms with Crippen molar-refractivity contribution in [1.29, 1.82) is 0 Å². The SMILES string of the molecule is CCCCOCCN(CCBr)C1CCCC1. The molecule has 0 heterocycles. The molecule has 2 nitrogen and oxygen atoms in total. The normalized spacial score (nSPS) is 17.4. The Balaban J connectivity index is 2.12. The third-order valence-corrected chi connectivity index (χ3v) is 3.73. The molecule has 96 valence electrons. The van der Waals surface area contributed by atoms with Gasteiger partial charge in [0.25, 0.3) is 0 Å². The van der Waals surface area contributed by atoms with E-state index in [1.807, 2.05) is 0 Å². The first-order valence-electron chi connectivity index (χ1n) is 6.76. The van der Waals surface area contributed by atoms with Gasteiger partial charge in [0.1, 0.15) is 0 Å². The van der Waals surface area contributed by atoms with Crippen LogP contribution in [0.3, 0.4) is 0 Å². The highest BCUT2D eigenvalue weighted by Crippen LogP contribution is 2.23. The van der Waals surface area contributed by atoms with Crippen LogP contribution in [0.15, 0.2) is 0 Å². The number of hydrogen-bond acceptors (Lipinski definition) is 2. The first kappa shape index (κ1) is 14.5. The molecule has 1 saturated carbocycles. The van der Waals surface area contributed by atoms with Gasteiger partial charge in [0, 0.05) is 31.1 Å². The summed E-state index contributed by atoms with van der Waals surface area (Å²) in [6.45, 7) is 6.33. The minimum atomic E-state index is 0.826. The third kappa shape index (κ3) is 5.65. The van der Waals surface area contributed by atoms with Crippen LogP contribution in [0.4, 0.5) is 0 Å². The van der Waals surface area contributed by atoms with E-state index in [4.69, 9.17) is 4.74 Å². The Morgan fingerprint density at radius 2 is 1.94 bits per heavy atom. The molecule has 0 spiro atoms. The van der Waals surface area contributed by atoms with E-state index in [0.717, 1.165) is 31.1 Å². The zero-order valence-corrected chi connectivity index (χ0v) is 12.2. The molecule has 0 atom stereocenters. The number of rotatable bonds is 9. The van der Waals surface area contributed by atoms with E-state index >= 15 is 0 Å². The molecule has 1 fully saturated rings. The monoisotopic (exact) mass is 291 g/mol. The number of hydrogen-bond donors (Lipinski definition) is 0. The van der Waals surface area contributed by atoms with E-state index in [0.29, 0.717) is 0 Å². The number of ether oxygens (including phenoxy) is 1. The topological polar surface area (TPSA) is 12.5 Å². The minimum absolute atomic E-state index is 0.826. The number of alkyl halides is 1. The highest BCUT2D eigenvalue weighted by atomic mass is 79.9.